The lowest BCUT2D eigenvalue weighted by atomic mass is 10.1. The van der Waals surface area contributed by atoms with Crippen molar-refractivity contribution in [3.8, 4) is 11.3 Å². The summed E-state index contributed by atoms with van der Waals surface area (Å²) >= 11 is 11.9. The number of hydrogen-bond donors (Lipinski definition) is 2. The largest absolute Gasteiger partial charge is 0.289 e. The van der Waals surface area contributed by atoms with Crippen LogP contribution in [0.4, 0.5) is 0 Å². The zero-order valence-corrected chi connectivity index (χ0v) is 14.8. The second kappa shape index (κ2) is 7.51. The third kappa shape index (κ3) is 4.07. The number of hydrogen-bond acceptors (Lipinski definition) is 3. The Labute approximate surface area is 154 Å². The number of benzene rings is 2. The smallest absolute Gasteiger partial charge is 0.272 e. The first-order chi connectivity index (χ1) is 12.0. The molecule has 0 radical (unpaired) electrons. The van der Waals surface area contributed by atoms with E-state index in [0.29, 0.717) is 27.1 Å². The number of carbonyl (C=O) groups excluding carboxylic acids is 1. The third-order valence-electron chi connectivity index (χ3n) is 3.55. The van der Waals surface area contributed by atoms with E-state index >= 15 is 0 Å². The zero-order valence-electron chi connectivity index (χ0n) is 13.3. The number of aromatic amines is 1. The fraction of sp³-hybridized carbons (Fsp3) is 0.0556. The van der Waals surface area contributed by atoms with Crippen molar-refractivity contribution in [2.45, 2.75) is 6.92 Å². The van der Waals surface area contributed by atoms with Gasteiger partial charge in [-0.3, -0.25) is 9.89 Å². The molecular weight excluding hydrogens is 359 g/mol. The van der Waals surface area contributed by atoms with Gasteiger partial charge in [0, 0.05) is 5.56 Å². The number of nitrogens with one attached hydrogen (secondary N) is 2. The van der Waals surface area contributed by atoms with E-state index in [2.05, 4.69) is 20.7 Å². The van der Waals surface area contributed by atoms with Gasteiger partial charge in [0.05, 0.1) is 21.5 Å². The summed E-state index contributed by atoms with van der Waals surface area (Å²) < 4.78 is 0. The molecule has 0 fully saturated rings. The second-order valence-electron chi connectivity index (χ2n) is 5.30. The van der Waals surface area contributed by atoms with Crippen molar-refractivity contribution in [3.05, 3.63) is 75.9 Å². The quantitative estimate of drug-likeness (QED) is 0.521. The Hall–Kier alpha value is -2.63. The highest BCUT2D eigenvalue weighted by Crippen LogP contribution is 2.23. The predicted molar refractivity (Wildman–Crippen MR) is 100 cm³/mol. The summed E-state index contributed by atoms with van der Waals surface area (Å²) in [4.78, 5) is 12.2. The van der Waals surface area contributed by atoms with Crippen LogP contribution in [0.15, 0.2) is 59.7 Å². The summed E-state index contributed by atoms with van der Waals surface area (Å²) in [5, 5.41) is 11.9. The van der Waals surface area contributed by atoms with Crippen molar-refractivity contribution in [2.75, 3.05) is 0 Å². The van der Waals surface area contributed by atoms with Gasteiger partial charge in [-0.25, -0.2) is 5.43 Å². The molecular formula is C18H14Cl2N4O. The van der Waals surface area contributed by atoms with Gasteiger partial charge < -0.3 is 0 Å². The summed E-state index contributed by atoms with van der Waals surface area (Å²) in [6.45, 7) is 1.77. The SMILES string of the molecule is CC(=NNC(=O)c1cc(-c2ccccc2)n[nH]1)c1ccc(Cl)c(Cl)c1. The minimum absolute atomic E-state index is 0.324. The van der Waals surface area contributed by atoms with Crippen LogP contribution < -0.4 is 5.43 Å². The summed E-state index contributed by atoms with van der Waals surface area (Å²) in [5.74, 6) is -0.380. The zero-order chi connectivity index (χ0) is 17.8. The van der Waals surface area contributed by atoms with Crippen LogP contribution in [-0.4, -0.2) is 21.8 Å². The molecule has 126 valence electrons. The molecule has 0 bridgehead atoms. The molecule has 0 aliphatic rings. The van der Waals surface area contributed by atoms with E-state index < -0.39 is 0 Å². The van der Waals surface area contributed by atoms with Gasteiger partial charge in [-0.1, -0.05) is 59.6 Å². The molecule has 0 atom stereocenters. The molecule has 3 rings (SSSR count). The highest BCUT2D eigenvalue weighted by atomic mass is 35.5. The predicted octanol–water partition coefficient (Wildman–Crippen LogP) is 4.54. The minimum atomic E-state index is -0.380. The Bertz CT molecular complexity index is 935. The van der Waals surface area contributed by atoms with Crippen LogP contribution >= 0.6 is 23.2 Å². The van der Waals surface area contributed by atoms with E-state index in [1.165, 1.54) is 0 Å². The highest BCUT2D eigenvalue weighted by molar-refractivity contribution is 6.42. The summed E-state index contributed by atoms with van der Waals surface area (Å²) in [5.41, 5.74) is 5.81. The number of rotatable bonds is 4. The maximum atomic E-state index is 12.2. The fourth-order valence-electron chi connectivity index (χ4n) is 2.18. The van der Waals surface area contributed by atoms with Gasteiger partial charge in [-0.05, 0) is 30.7 Å². The Kier molecular flexibility index (Phi) is 5.16. The van der Waals surface area contributed by atoms with Crippen molar-refractivity contribution in [1.82, 2.24) is 15.6 Å². The van der Waals surface area contributed by atoms with E-state index in [9.17, 15) is 4.79 Å². The maximum Gasteiger partial charge on any atom is 0.289 e. The molecule has 2 N–H and O–H groups in total. The van der Waals surface area contributed by atoms with Crippen molar-refractivity contribution in [2.24, 2.45) is 5.10 Å². The standard InChI is InChI=1S/C18H14Cl2N4O/c1-11(13-7-8-14(19)15(20)9-13)21-24-18(25)17-10-16(22-23-17)12-5-3-2-4-6-12/h2-10H,1H3,(H,22,23)(H,24,25). The van der Waals surface area contributed by atoms with E-state index in [0.717, 1.165) is 11.1 Å². The van der Waals surface area contributed by atoms with E-state index in [4.69, 9.17) is 23.2 Å². The lowest BCUT2D eigenvalue weighted by molar-refractivity contribution is 0.0950. The molecule has 1 heterocycles. The Morgan fingerprint density at radius 1 is 1.08 bits per heavy atom. The van der Waals surface area contributed by atoms with Crippen molar-refractivity contribution >= 4 is 34.8 Å². The van der Waals surface area contributed by atoms with Crippen molar-refractivity contribution in [1.29, 1.82) is 0 Å². The topological polar surface area (TPSA) is 70.1 Å². The van der Waals surface area contributed by atoms with Gasteiger partial charge in [0.2, 0.25) is 0 Å². The van der Waals surface area contributed by atoms with Crippen molar-refractivity contribution < 1.29 is 4.79 Å². The highest BCUT2D eigenvalue weighted by Gasteiger charge is 2.11. The van der Waals surface area contributed by atoms with Crippen molar-refractivity contribution in [3.63, 3.8) is 0 Å². The Balaban J connectivity index is 1.72. The fourth-order valence-corrected chi connectivity index (χ4v) is 2.47. The molecule has 3 aromatic rings. The number of hydrazone groups is 1. The van der Waals surface area contributed by atoms with Gasteiger partial charge in [0.15, 0.2) is 0 Å². The average Bonchev–Trinajstić information content (AvgIpc) is 3.12. The molecule has 0 aliphatic carbocycles. The first-order valence-electron chi connectivity index (χ1n) is 7.45. The Morgan fingerprint density at radius 2 is 1.84 bits per heavy atom. The molecule has 0 unspecified atom stereocenters. The van der Waals surface area contributed by atoms with Gasteiger partial charge in [0.25, 0.3) is 5.91 Å². The summed E-state index contributed by atoms with van der Waals surface area (Å²) in [6, 6.07) is 16.4. The lowest BCUT2D eigenvalue weighted by Gasteiger charge is -2.03. The monoisotopic (exact) mass is 372 g/mol. The molecule has 1 aromatic heterocycles. The number of aromatic nitrogens is 2. The number of amides is 1. The molecule has 1 amide bonds. The number of nitrogens with zero attached hydrogens (tertiary/aromatic N) is 2. The van der Waals surface area contributed by atoms with E-state index in [1.54, 1.807) is 31.2 Å². The molecule has 7 heteroatoms. The third-order valence-corrected chi connectivity index (χ3v) is 4.29. The Morgan fingerprint density at radius 3 is 2.56 bits per heavy atom. The molecule has 0 saturated carbocycles. The van der Waals surface area contributed by atoms with Crippen LogP contribution in [0.2, 0.25) is 10.0 Å². The first-order valence-corrected chi connectivity index (χ1v) is 8.21. The molecule has 2 aromatic carbocycles. The normalized spacial score (nSPS) is 11.4. The number of carbonyl (C=O) groups is 1. The van der Waals surface area contributed by atoms with Crippen LogP contribution in [0.1, 0.15) is 23.0 Å². The number of halogens is 2. The van der Waals surface area contributed by atoms with Crippen LogP contribution in [0, 0.1) is 0 Å². The van der Waals surface area contributed by atoms with Gasteiger partial charge in [0.1, 0.15) is 5.69 Å². The van der Waals surface area contributed by atoms with Crippen LogP contribution in [-0.2, 0) is 0 Å². The molecule has 0 spiro atoms. The molecule has 0 saturated heterocycles. The van der Waals surface area contributed by atoms with Crippen LogP contribution in [0.3, 0.4) is 0 Å². The number of H-pyrrole nitrogens is 1. The lowest BCUT2D eigenvalue weighted by Crippen LogP contribution is -2.19. The van der Waals surface area contributed by atoms with E-state index in [1.807, 2.05) is 30.3 Å². The van der Waals surface area contributed by atoms with Gasteiger partial charge in [-0.15, -0.1) is 0 Å². The molecule has 0 aliphatic heterocycles. The van der Waals surface area contributed by atoms with Gasteiger partial charge >= 0.3 is 0 Å². The van der Waals surface area contributed by atoms with Crippen LogP contribution in [0.5, 0.6) is 0 Å². The summed E-state index contributed by atoms with van der Waals surface area (Å²) in [6.07, 6.45) is 0. The van der Waals surface area contributed by atoms with Crippen LogP contribution in [0.25, 0.3) is 11.3 Å². The maximum absolute atomic E-state index is 12.2. The molecule has 25 heavy (non-hydrogen) atoms. The summed E-state index contributed by atoms with van der Waals surface area (Å²) in [7, 11) is 0. The molecule has 5 nitrogen and oxygen atoms in total. The average molecular weight is 373 g/mol. The van der Waals surface area contributed by atoms with Gasteiger partial charge in [-0.2, -0.15) is 10.2 Å². The van der Waals surface area contributed by atoms with E-state index in [-0.39, 0.29) is 5.91 Å². The second-order valence-corrected chi connectivity index (χ2v) is 6.11. The minimum Gasteiger partial charge on any atom is -0.272 e. The first kappa shape index (κ1) is 17.2.